The van der Waals surface area contributed by atoms with Gasteiger partial charge >= 0.3 is 0 Å². The number of benzene rings is 3. The van der Waals surface area contributed by atoms with Crippen LogP contribution in [0.15, 0.2) is 84.9 Å². The third-order valence-electron chi connectivity index (χ3n) is 4.43. The number of aromatic nitrogens is 2. The molecule has 4 aromatic rings. The fourth-order valence-corrected chi connectivity index (χ4v) is 3.03. The van der Waals surface area contributed by atoms with Crippen molar-refractivity contribution >= 4 is 23.1 Å². The predicted molar refractivity (Wildman–Crippen MR) is 116 cm³/mol. The summed E-state index contributed by atoms with van der Waals surface area (Å²) in [6.07, 6.45) is 0. The summed E-state index contributed by atoms with van der Waals surface area (Å²) in [5.74, 6) is 0.373. The third-order valence-corrected chi connectivity index (χ3v) is 4.43. The highest BCUT2D eigenvalue weighted by Crippen LogP contribution is 2.23. The Hall–Kier alpha value is -4.06. The van der Waals surface area contributed by atoms with Crippen LogP contribution in [-0.2, 0) is 0 Å². The van der Waals surface area contributed by atoms with Gasteiger partial charge in [-0.1, -0.05) is 48.5 Å². The van der Waals surface area contributed by atoms with E-state index in [1.54, 1.807) is 30.3 Å². The minimum Gasteiger partial charge on any atom is -0.340 e. The second-order valence-electron chi connectivity index (χ2n) is 6.69. The van der Waals surface area contributed by atoms with Crippen LogP contribution in [0.4, 0.5) is 21.6 Å². The molecule has 6 heteroatoms. The number of carbonyl (C=O) groups excluding carboxylic acids is 1. The molecule has 0 unspecified atom stereocenters. The summed E-state index contributed by atoms with van der Waals surface area (Å²) in [6, 6.07) is 24.7. The molecule has 0 aliphatic heterocycles. The van der Waals surface area contributed by atoms with E-state index in [0.29, 0.717) is 22.9 Å². The van der Waals surface area contributed by atoms with Gasteiger partial charge in [-0.15, -0.1) is 0 Å². The molecule has 0 aliphatic rings. The first kappa shape index (κ1) is 19.3. The molecule has 3 aromatic carbocycles. The van der Waals surface area contributed by atoms with Crippen LogP contribution in [0.1, 0.15) is 16.2 Å². The van der Waals surface area contributed by atoms with Crippen molar-refractivity contribution in [3.63, 3.8) is 0 Å². The van der Waals surface area contributed by atoms with Crippen molar-refractivity contribution in [1.29, 1.82) is 0 Å². The Morgan fingerprint density at radius 1 is 0.867 bits per heavy atom. The molecule has 0 bridgehead atoms. The van der Waals surface area contributed by atoms with Crippen molar-refractivity contribution in [2.45, 2.75) is 6.92 Å². The fraction of sp³-hybridized carbons (Fsp3) is 0.0417. The summed E-state index contributed by atoms with van der Waals surface area (Å²) >= 11 is 0. The van der Waals surface area contributed by atoms with Gasteiger partial charge in [-0.3, -0.25) is 4.79 Å². The topological polar surface area (TPSA) is 66.9 Å². The molecular formula is C24H19FN4O. The fourth-order valence-electron chi connectivity index (χ4n) is 3.03. The molecule has 2 N–H and O–H groups in total. The summed E-state index contributed by atoms with van der Waals surface area (Å²) in [5.41, 5.74) is 3.02. The van der Waals surface area contributed by atoms with Crippen LogP contribution in [0.3, 0.4) is 0 Å². The lowest BCUT2D eigenvalue weighted by Gasteiger charge is -2.11. The van der Waals surface area contributed by atoms with Gasteiger partial charge in [0.15, 0.2) is 0 Å². The van der Waals surface area contributed by atoms with Gasteiger partial charge in [0.2, 0.25) is 0 Å². The maximum atomic E-state index is 13.8. The number of halogens is 1. The predicted octanol–water partition coefficient (Wildman–Crippen LogP) is 5.59. The van der Waals surface area contributed by atoms with E-state index in [1.807, 2.05) is 49.4 Å². The lowest BCUT2D eigenvalue weighted by Crippen LogP contribution is -2.13. The Labute approximate surface area is 173 Å². The molecule has 148 valence electrons. The van der Waals surface area contributed by atoms with E-state index >= 15 is 0 Å². The number of hydrogen-bond donors (Lipinski definition) is 2. The molecule has 1 amide bonds. The lowest BCUT2D eigenvalue weighted by molar-refractivity contribution is 0.102. The number of carbonyl (C=O) groups is 1. The quantitative estimate of drug-likeness (QED) is 0.460. The number of rotatable bonds is 5. The van der Waals surface area contributed by atoms with E-state index in [1.165, 1.54) is 12.1 Å². The second kappa shape index (κ2) is 8.53. The van der Waals surface area contributed by atoms with E-state index in [4.69, 9.17) is 0 Å². The van der Waals surface area contributed by atoms with Crippen LogP contribution in [0.25, 0.3) is 11.3 Å². The Bertz CT molecular complexity index is 1190. The third kappa shape index (κ3) is 4.50. The van der Waals surface area contributed by atoms with Gasteiger partial charge in [0, 0.05) is 22.9 Å². The highest BCUT2D eigenvalue weighted by Gasteiger charge is 2.10. The zero-order valence-electron chi connectivity index (χ0n) is 16.3. The monoisotopic (exact) mass is 398 g/mol. The van der Waals surface area contributed by atoms with E-state index in [0.717, 1.165) is 11.3 Å². The molecular weight excluding hydrogens is 379 g/mol. The second-order valence-corrected chi connectivity index (χ2v) is 6.69. The first-order chi connectivity index (χ1) is 14.6. The standard InChI is InChI=1S/C24H19FN4O/c1-16-26-22(17-8-3-2-4-9-17)15-23(27-16)28-19-11-7-10-18(14-19)24(30)29-21-13-6-5-12-20(21)25/h2-15H,1H3,(H,29,30)(H,26,27,28). The van der Waals surface area contributed by atoms with Crippen LogP contribution < -0.4 is 10.6 Å². The molecule has 1 heterocycles. The molecule has 1 aromatic heterocycles. The summed E-state index contributed by atoms with van der Waals surface area (Å²) in [4.78, 5) is 21.5. The number of anilines is 3. The van der Waals surface area contributed by atoms with Crippen molar-refractivity contribution in [1.82, 2.24) is 9.97 Å². The van der Waals surface area contributed by atoms with Crippen molar-refractivity contribution in [2.24, 2.45) is 0 Å². The van der Waals surface area contributed by atoms with Gasteiger partial charge in [-0.05, 0) is 37.3 Å². The smallest absolute Gasteiger partial charge is 0.255 e. The molecule has 0 fully saturated rings. The van der Waals surface area contributed by atoms with Crippen molar-refractivity contribution < 1.29 is 9.18 Å². The zero-order valence-corrected chi connectivity index (χ0v) is 16.3. The number of nitrogens with one attached hydrogen (secondary N) is 2. The molecule has 4 rings (SSSR count). The summed E-state index contributed by atoms with van der Waals surface area (Å²) in [5, 5.41) is 5.81. The number of hydrogen-bond acceptors (Lipinski definition) is 4. The number of nitrogens with zero attached hydrogens (tertiary/aromatic N) is 2. The van der Waals surface area contributed by atoms with Crippen LogP contribution in [0, 0.1) is 12.7 Å². The average molecular weight is 398 g/mol. The molecule has 30 heavy (non-hydrogen) atoms. The molecule has 0 aliphatic carbocycles. The Morgan fingerprint density at radius 3 is 2.43 bits per heavy atom. The van der Waals surface area contributed by atoms with E-state index < -0.39 is 11.7 Å². The highest BCUT2D eigenvalue weighted by atomic mass is 19.1. The lowest BCUT2D eigenvalue weighted by atomic mass is 10.1. The molecule has 0 radical (unpaired) electrons. The highest BCUT2D eigenvalue weighted by molar-refractivity contribution is 6.04. The first-order valence-electron chi connectivity index (χ1n) is 9.42. The first-order valence-corrected chi connectivity index (χ1v) is 9.42. The maximum Gasteiger partial charge on any atom is 0.255 e. The number of aryl methyl sites for hydroxylation is 1. The van der Waals surface area contributed by atoms with Crippen LogP contribution in [0.5, 0.6) is 0 Å². The van der Waals surface area contributed by atoms with Gasteiger partial charge in [-0.25, -0.2) is 14.4 Å². The molecule has 0 saturated carbocycles. The summed E-state index contributed by atoms with van der Waals surface area (Å²) in [6.45, 7) is 1.83. The van der Waals surface area contributed by atoms with E-state index in [2.05, 4.69) is 20.6 Å². The minimum absolute atomic E-state index is 0.139. The average Bonchev–Trinajstić information content (AvgIpc) is 2.76. The van der Waals surface area contributed by atoms with Crippen molar-refractivity contribution in [3.05, 3.63) is 102 Å². The zero-order chi connectivity index (χ0) is 20.9. The Kier molecular flexibility index (Phi) is 5.48. The van der Waals surface area contributed by atoms with E-state index in [-0.39, 0.29) is 5.69 Å². The molecule has 0 saturated heterocycles. The van der Waals surface area contributed by atoms with E-state index in [9.17, 15) is 9.18 Å². The summed E-state index contributed by atoms with van der Waals surface area (Å²) in [7, 11) is 0. The summed E-state index contributed by atoms with van der Waals surface area (Å²) < 4.78 is 13.8. The van der Waals surface area contributed by atoms with Gasteiger partial charge in [0.05, 0.1) is 11.4 Å². The molecule has 5 nitrogen and oxygen atoms in total. The Balaban J connectivity index is 1.56. The molecule has 0 spiro atoms. The van der Waals surface area contributed by atoms with Crippen LogP contribution in [0.2, 0.25) is 0 Å². The number of para-hydroxylation sites is 1. The van der Waals surface area contributed by atoms with Gasteiger partial charge < -0.3 is 10.6 Å². The minimum atomic E-state index is -0.481. The number of amides is 1. The van der Waals surface area contributed by atoms with Crippen molar-refractivity contribution in [3.8, 4) is 11.3 Å². The molecule has 0 atom stereocenters. The normalized spacial score (nSPS) is 10.5. The SMILES string of the molecule is Cc1nc(Nc2cccc(C(=O)Nc3ccccc3F)c2)cc(-c2ccccc2)n1. The maximum absolute atomic E-state index is 13.8. The van der Waals surface area contributed by atoms with Gasteiger partial charge in [-0.2, -0.15) is 0 Å². The van der Waals surface area contributed by atoms with Crippen LogP contribution in [-0.4, -0.2) is 15.9 Å². The van der Waals surface area contributed by atoms with Gasteiger partial charge in [0.1, 0.15) is 17.5 Å². The van der Waals surface area contributed by atoms with Crippen LogP contribution >= 0.6 is 0 Å². The van der Waals surface area contributed by atoms with Crippen molar-refractivity contribution in [2.75, 3.05) is 10.6 Å². The van der Waals surface area contributed by atoms with Gasteiger partial charge in [0.25, 0.3) is 5.91 Å². The largest absolute Gasteiger partial charge is 0.340 e. The Morgan fingerprint density at radius 2 is 1.63 bits per heavy atom.